The topological polar surface area (TPSA) is 126 Å². The van der Waals surface area contributed by atoms with E-state index in [0.29, 0.717) is 23.5 Å². The van der Waals surface area contributed by atoms with Crippen molar-refractivity contribution in [3.8, 4) is 0 Å². The van der Waals surface area contributed by atoms with E-state index < -0.39 is 5.91 Å². The number of carbonyl (C=O) groups excluding carboxylic acids is 2. The summed E-state index contributed by atoms with van der Waals surface area (Å²) in [6, 6.07) is 6.10. The number of nitrogens with zero attached hydrogens (tertiary/aromatic N) is 3. The summed E-state index contributed by atoms with van der Waals surface area (Å²) in [4.78, 5) is 28.9. The summed E-state index contributed by atoms with van der Waals surface area (Å²) < 4.78 is 0. The van der Waals surface area contributed by atoms with Gasteiger partial charge >= 0.3 is 0 Å². The zero-order chi connectivity index (χ0) is 19.7. The third-order valence-electron chi connectivity index (χ3n) is 3.37. The second-order valence-electron chi connectivity index (χ2n) is 5.66. The second-order valence-corrected chi connectivity index (χ2v) is 5.66. The molecule has 8 heteroatoms. The van der Waals surface area contributed by atoms with E-state index in [0.717, 1.165) is 16.8 Å². The van der Waals surface area contributed by atoms with Crippen LogP contribution in [-0.4, -0.2) is 36.0 Å². The fraction of sp³-hybridized carbons (Fsp3) is 0.222. The molecule has 0 spiro atoms. The van der Waals surface area contributed by atoms with E-state index in [9.17, 15) is 4.79 Å². The maximum atomic E-state index is 11.4. The quantitative estimate of drug-likeness (QED) is 0.426. The molecule has 1 heterocycles. The van der Waals surface area contributed by atoms with Gasteiger partial charge in [0, 0.05) is 6.20 Å². The van der Waals surface area contributed by atoms with Crippen LogP contribution in [-0.2, 0) is 9.59 Å². The summed E-state index contributed by atoms with van der Waals surface area (Å²) in [5, 5.41) is 1.70. The van der Waals surface area contributed by atoms with E-state index in [1.165, 1.54) is 6.34 Å². The van der Waals surface area contributed by atoms with Crippen molar-refractivity contribution < 1.29 is 9.59 Å². The Bertz CT molecular complexity index is 764. The van der Waals surface area contributed by atoms with Crippen molar-refractivity contribution in [2.45, 2.75) is 20.8 Å². The number of hydrazine groups is 1. The maximum absolute atomic E-state index is 11.4. The Kier molecular flexibility index (Phi) is 7.75. The molecule has 0 unspecified atom stereocenters. The highest BCUT2D eigenvalue weighted by Crippen LogP contribution is 2.20. The summed E-state index contributed by atoms with van der Waals surface area (Å²) in [5.41, 5.74) is 16.5. The first kappa shape index (κ1) is 20.6. The molecule has 0 bridgehead atoms. The Balaban J connectivity index is 0.00000105. The third-order valence-corrected chi connectivity index (χ3v) is 3.37. The van der Waals surface area contributed by atoms with Gasteiger partial charge in [-0.05, 0) is 43.5 Å². The van der Waals surface area contributed by atoms with E-state index in [1.54, 1.807) is 18.1 Å². The zero-order valence-corrected chi connectivity index (χ0v) is 15.2. The molecule has 1 aromatic carbocycles. The van der Waals surface area contributed by atoms with Crippen LogP contribution in [0.1, 0.15) is 18.1 Å². The summed E-state index contributed by atoms with van der Waals surface area (Å²) in [6.07, 6.45) is 3.40. The molecule has 138 valence electrons. The number of hydrogen-bond donors (Lipinski definition) is 3. The first-order valence-corrected chi connectivity index (χ1v) is 7.81. The number of aryl methyl sites for hydroxylation is 2. The molecule has 8 nitrogen and oxygen atoms in total. The standard InChI is InChI=1S/C17H21N5O.CH3NO/c1-11(2)14(17(18)23)8-22-9-16(19-10-20-22)21-15-7-12(3)5-6-13(15)4;2-1-3/h5-8,10H,1,9H2,2-4H3,(H2,18,23)(H,19,20,21);1H,(H2,2,3)/b14-8+;. The van der Waals surface area contributed by atoms with Gasteiger partial charge in [0.2, 0.25) is 12.3 Å². The molecular weight excluding hydrogens is 332 g/mol. The highest BCUT2D eigenvalue weighted by Gasteiger charge is 2.13. The van der Waals surface area contributed by atoms with Gasteiger partial charge in [-0.25, -0.2) is 9.98 Å². The Labute approximate surface area is 153 Å². The third kappa shape index (κ3) is 6.23. The van der Waals surface area contributed by atoms with E-state index >= 15 is 0 Å². The summed E-state index contributed by atoms with van der Waals surface area (Å²) >= 11 is 0. The molecular formula is C18H24N6O2. The SMILES string of the molecule is C=C(C)/C(=C\N1CC(=Nc2cc(C)ccc2C)N=CN1)C(N)=O.NC=O. The normalized spacial score (nSPS) is 15.0. The molecule has 5 N–H and O–H groups in total. The van der Waals surface area contributed by atoms with E-state index in [4.69, 9.17) is 10.5 Å². The molecule has 0 atom stereocenters. The highest BCUT2D eigenvalue weighted by molar-refractivity contribution is 5.97. The van der Waals surface area contributed by atoms with Gasteiger partial charge < -0.3 is 11.5 Å². The molecule has 0 saturated carbocycles. The zero-order valence-electron chi connectivity index (χ0n) is 15.2. The first-order chi connectivity index (χ1) is 12.3. The average molecular weight is 356 g/mol. The minimum Gasteiger partial charge on any atom is -0.372 e. The number of nitrogens with one attached hydrogen (secondary N) is 1. The van der Waals surface area contributed by atoms with Crippen molar-refractivity contribution in [2.75, 3.05) is 6.54 Å². The van der Waals surface area contributed by atoms with Crippen LogP contribution in [0.15, 0.2) is 52.1 Å². The monoisotopic (exact) mass is 356 g/mol. The molecule has 2 amide bonds. The number of nitrogens with two attached hydrogens (primary N) is 2. The van der Waals surface area contributed by atoms with Crippen LogP contribution >= 0.6 is 0 Å². The Morgan fingerprint density at radius 1 is 1.42 bits per heavy atom. The maximum Gasteiger partial charge on any atom is 0.250 e. The van der Waals surface area contributed by atoms with Crippen molar-refractivity contribution in [1.82, 2.24) is 10.4 Å². The number of carbonyl (C=O) groups is 2. The number of hydrogen-bond acceptors (Lipinski definition) is 5. The summed E-state index contributed by atoms with van der Waals surface area (Å²) in [7, 11) is 0. The molecule has 26 heavy (non-hydrogen) atoms. The number of aliphatic imine (C=N–C) groups is 2. The van der Waals surface area contributed by atoms with Crippen molar-refractivity contribution in [2.24, 2.45) is 21.5 Å². The molecule has 0 aliphatic carbocycles. The van der Waals surface area contributed by atoms with E-state index in [1.807, 2.05) is 32.0 Å². The van der Waals surface area contributed by atoms with Gasteiger partial charge in [-0.2, -0.15) is 0 Å². The lowest BCUT2D eigenvalue weighted by Crippen LogP contribution is -2.41. The molecule has 1 aliphatic rings. The minimum absolute atomic E-state index is 0.250. The van der Waals surface area contributed by atoms with E-state index in [-0.39, 0.29) is 6.41 Å². The fourth-order valence-electron chi connectivity index (χ4n) is 2.08. The number of amides is 2. The molecule has 0 aromatic heterocycles. The number of amidine groups is 1. The Morgan fingerprint density at radius 2 is 2.08 bits per heavy atom. The van der Waals surface area contributed by atoms with Gasteiger partial charge in [-0.3, -0.25) is 20.0 Å². The van der Waals surface area contributed by atoms with Gasteiger partial charge in [0.05, 0.1) is 17.8 Å². The van der Waals surface area contributed by atoms with Gasteiger partial charge in [0.15, 0.2) is 5.84 Å². The minimum atomic E-state index is -0.519. The molecule has 0 radical (unpaired) electrons. The smallest absolute Gasteiger partial charge is 0.250 e. The van der Waals surface area contributed by atoms with Crippen LogP contribution < -0.4 is 16.9 Å². The van der Waals surface area contributed by atoms with Crippen molar-refractivity contribution in [3.63, 3.8) is 0 Å². The van der Waals surface area contributed by atoms with Crippen LogP contribution in [0.3, 0.4) is 0 Å². The van der Waals surface area contributed by atoms with Crippen LogP contribution in [0.5, 0.6) is 0 Å². The van der Waals surface area contributed by atoms with Crippen LogP contribution in [0.2, 0.25) is 0 Å². The van der Waals surface area contributed by atoms with E-state index in [2.05, 4.69) is 27.7 Å². The van der Waals surface area contributed by atoms with Crippen molar-refractivity contribution in [1.29, 1.82) is 0 Å². The summed E-state index contributed by atoms with van der Waals surface area (Å²) in [6.45, 7) is 9.94. The molecule has 0 saturated heterocycles. The van der Waals surface area contributed by atoms with Gasteiger partial charge in [0.1, 0.15) is 6.34 Å². The molecule has 2 rings (SSSR count). The summed E-state index contributed by atoms with van der Waals surface area (Å²) in [5.74, 6) is 0.120. The highest BCUT2D eigenvalue weighted by atomic mass is 16.1. The first-order valence-electron chi connectivity index (χ1n) is 7.81. The largest absolute Gasteiger partial charge is 0.372 e. The molecule has 0 fully saturated rings. The van der Waals surface area contributed by atoms with Crippen molar-refractivity contribution in [3.05, 3.63) is 53.3 Å². The van der Waals surface area contributed by atoms with Gasteiger partial charge in [-0.1, -0.05) is 18.7 Å². The molecule has 1 aromatic rings. The predicted molar refractivity (Wildman–Crippen MR) is 104 cm³/mol. The number of benzene rings is 1. The second kappa shape index (κ2) is 9.77. The average Bonchev–Trinajstić information content (AvgIpc) is 2.56. The molecule has 1 aliphatic heterocycles. The fourth-order valence-corrected chi connectivity index (χ4v) is 2.08. The number of rotatable bonds is 4. The van der Waals surface area contributed by atoms with Gasteiger partial charge in [0.25, 0.3) is 0 Å². The Hall–Kier alpha value is -3.42. The lowest BCUT2D eigenvalue weighted by atomic mass is 10.1. The van der Waals surface area contributed by atoms with Crippen LogP contribution in [0.25, 0.3) is 0 Å². The Morgan fingerprint density at radius 3 is 2.65 bits per heavy atom. The van der Waals surface area contributed by atoms with Crippen LogP contribution in [0.4, 0.5) is 5.69 Å². The lowest BCUT2D eigenvalue weighted by molar-refractivity contribution is -0.114. The van der Waals surface area contributed by atoms with Gasteiger partial charge in [-0.15, -0.1) is 0 Å². The van der Waals surface area contributed by atoms with Crippen LogP contribution in [0, 0.1) is 13.8 Å². The number of primary amides is 2. The predicted octanol–water partition coefficient (Wildman–Crippen LogP) is 1.23. The van der Waals surface area contributed by atoms with Crippen molar-refractivity contribution >= 4 is 30.2 Å². The lowest BCUT2D eigenvalue weighted by Gasteiger charge is -2.24.